The molecule has 3 heterocycles. The SMILES string of the molecule is CN1CCN(C(=O)c2oc3ccccc3c2NC(=O)/C=C/c2cccs2)CC1. The van der Waals surface area contributed by atoms with Crippen LogP contribution in [0.5, 0.6) is 0 Å². The lowest BCUT2D eigenvalue weighted by Crippen LogP contribution is -2.47. The second-order valence-electron chi connectivity index (χ2n) is 6.74. The molecule has 4 rings (SSSR count). The van der Waals surface area contributed by atoms with Gasteiger partial charge in [0, 0.05) is 42.5 Å². The normalized spacial score (nSPS) is 15.4. The number of rotatable bonds is 4. The van der Waals surface area contributed by atoms with Crippen LogP contribution < -0.4 is 5.32 Å². The summed E-state index contributed by atoms with van der Waals surface area (Å²) in [4.78, 5) is 30.5. The third-order valence-electron chi connectivity index (χ3n) is 4.77. The lowest BCUT2D eigenvalue weighted by atomic mass is 10.2. The van der Waals surface area contributed by atoms with Gasteiger partial charge in [-0.25, -0.2) is 0 Å². The van der Waals surface area contributed by atoms with Crippen LogP contribution in [-0.2, 0) is 4.79 Å². The van der Waals surface area contributed by atoms with Crippen LogP contribution in [0.25, 0.3) is 17.0 Å². The minimum absolute atomic E-state index is 0.184. The van der Waals surface area contributed by atoms with Gasteiger partial charge in [0.25, 0.3) is 5.91 Å². The van der Waals surface area contributed by atoms with Crippen LogP contribution in [0.4, 0.5) is 5.69 Å². The van der Waals surface area contributed by atoms with Crippen molar-refractivity contribution in [1.82, 2.24) is 9.80 Å². The Morgan fingerprint density at radius 1 is 1.11 bits per heavy atom. The van der Waals surface area contributed by atoms with E-state index in [9.17, 15) is 9.59 Å². The first-order chi connectivity index (χ1) is 13.6. The predicted octanol–water partition coefficient (Wildman–Crippen LogP) is 3.53. The van der Waals surface area contributed by atoms with E-state index in [2.05, 4.69) is 10.2 Å². The summed E-state index contributed by atoms with van der Waals surface area (Å²) >= 11 is 1.55. The molecular weight excluding hydrogens is 374 g/mol. The lowest BCUT2D eigenvalue weighted by Gasteiger charge is -2.31. The average molecular weight is 395 g/mol. The van der Waals surface area contributed by atoms with Gasteiger partial charge >= 0.3 is 0 Å². The molecule has 0 unspecified atom stereocenters. The number of benzene rings is 1. The van der Waals surface area contributed by atoms with Crippen molar-refractivity contribution in [1.29, 1.82) is 0 Å². The van der Waals surface area contributed by atoms with Crippen molar-refractivity contribution in [2.24, 2.45) is 0 Å². The minimum atomic E-state index is -0.299. The van der Waals surface area contributed by atoms with Crippen LogP contribution in [0, 0.1) is 0 Å². The fraction of sp³-hybridized carbons (Fsp3) is 0.238. The number of hydrogen-bond acceptors (Lipinski definition) is 5. The highest BCUT2D eigenvalue weighted by Gasteiger charge is 2.27. The van der Waals surface area contributed by atoms with Gasteiger partial charge in [-0.05, 0) is 36.7 Å². The Hall–Kier alpha value is -2.90. The number of carbonyl (C=O) groups is 2. The molecule has 2 aromatic heterocycles. The van der Waals surface area contributed by atoms with Gasteiger partial charge in [0.2, 0.25) is 11.7 Å². The van der Waals surface area contributed by atoms with Gasteiger partial charge in [0.05, 0.1) is 0 Å². The summed E-state index contributed by atoms with van der Waals surface area (Å²) in [5.74, 6) is -0.308. The van der Waals surface area contributed by atoms with E-state index in [0.717, 1.165) is 23.4 Å². The summed E-state index contributed by atoms with van der Waals surface area (Å²) in [6, 6.07) is 11.2. The molecule has 1 fully saturated rings. The standard InChI is InChI=1S/C21H21N3O3S/c1-23-10-12-24(13-11-23)21(26)20-19(16-6-2-3-7-17(16)27-20)22-18(25)9-8-15-5-4-14-28-15/h2-9,14H,10-13H2,1H3,(H,22,25)/b9-8+. The molecule has 0 aliphatic carbocycles. The number of likely N-dealkylation sites (N-methyl/N-ethyl adjacent to an activating group) is 1. The number of amides is 2. The van der Waals surface area contributed by atoms with Crippen molar-refractivity contribution in [3.63, 3.8) is 0 Å². The van der Waals surface area contributed by atoms with E-state index in [1.807, 2.05) is 42.8 Å². The molecule has 144 valence electrons. The van der Waals surface area contributed by atoms with Gasteiger partial charge in [-0.2, -0.15) is 0 Å². The quantitative estimate of drug-likeness (QED) is 0.687. The zero-order chi connectivity index (χ0) is 19.5. The van der Waals surface area contributed by atoms with Gasteiger partial charge in [-0.3, -0.25) is 9.59 Å². The first-order valence-corrected chi connectivity index (χ1v) is 10.0. The molecule has 1 aliphatic rings. The van der Waals surface area contributed by atoms with Crippen molar-refractivity contribution >= 4 is 45.9 Å². The van der Waals surface area contributed by atoms with Crippen LogP contribution >= 0.6 is 11.3 Å². The second-order valence-corrected chi connectivity index (χ2v) is 7.72. The topological polar surface area (TPSA) is 65.8 Å². The second kappa shape index (κ2) is 8.00. The molecule has 2 amide bonds. The van der Waals surface area contributed by atoms with E-state index in [4.69, 9.17) is 4.42 Å². The van der Waals surface area contributed by atoms with Crippen LogP contribution in [0.3, 0.4) is 0 Å². The average Bonchev–Trinajstić information content (AvgIpc) is 3.35. The summed E-state index contributed by atoms with van der Waals surface area (Å²) < 4.78 is 5.85. The molecule has 3 aromatic rings. The van der Waals surface area contributed by atoms with E-state index in [0.29, 0.717) is 24.4 Å². The number of carbonyl (C=O) groups excluding carboxylic acids is 2. The van der Waals surface area contributed by atoms with Crippen LogP contribution in [-0.4, -0.2) is 54.8 Å². The fourth-order valence-corrected chi connectivity index (χ4v) is 3.80. The number of fused-ring (bicyclic) bond motifs is 1. The molecule has 1 aliphatic heterocycles. The molecule has 1 aromatic carbocycles. The molecule has 0 saturated carbocycles. The summed E-state index contributed by atoms with van der Waals surface area (Å²) in [6.07, 6.45) is 3.22. The number of nitrogens with zero attached hydrogens (tertiary/aromatic N) is 2. The smallest absolute Gasteiger partial charge is 0.291 e. The van der Waals surface area contributed by atoms with Gasteiger partial charge in [0.15, 0.2) is 0 Å². The van der Waals surface area contributed by atoms with E-state index < -0.39 is 0 Å². The number of nitrogens with one attached hydrogen (secondary N) is 1. The highest BCUT2D eigenvalue weighted by Crippen LogP contribution is 2.32. The maximum absolute atomic E-state index is 13.1. The highest BCUT2D eigenvalue weighted by atomic mass is 32.1. The number of anilines is 1. The molecule has 7 heteroatoms. The molecule has 6 nitrogen and oxygen atoms in total. The highest BCUT2D eigenvalue weighted by molar-refractivity contribution is 7.10. The monoisotopic (exact) mass is 395 g/mol. The maximum atomic E-state index is 13.1. The van der Waals surface area contributed by atoms with E-state index in [1.54, 1.807) is 28.4 Å². The van der Waals surface area contributed by atoms with Gasteiger partial charge < -0.3 is 19.5 Å². The van der Waals surface area contributed by atoms with Gasteiger partial charge in [0.1, 0.15) is 11.3 Å². The summed E-state index contributed by atoms with van der Waals surface area (Å²) in [5, 5.41) is 5.52. The van der Waals surface area contributed by atoms with Crippen LogP contribution in [0.15, 0.2) is 52.3 Å². The summed E-state index contributed by atoms with van der Waals surface area (Å²) in [6.45, 7) is 2.91. The van der Waals surface area contributed by atoms with E-state index in [-0.39, 0.29) is 17.6 Å². The van der Waals surface area contributed by atoms with Gasteiger partial charge in [-0.1, -0.05) is 18.2 Å². The van der Waals surface area contributed by atoms with E-state index in [1.165, 1.54) is 6.08 Å². The van der Waals surface area contributed by atoms with Crippen molar-refractivity contribution in [2.75, 3.05) is 38.5 Å². The van der Waals surface area contributed by atoms with Crippen molar-refractivity contribution in [2.45, 2.75) is 0 Å². The third kappa shape index (κ3) is 3.85. The fourth-order valence-electron chi connectivity index (χ4n) is 3.18. The number of thiophene rings is 1. The van der Waals surface area contributed by atoms with Crippen molar-refractivity contribution in [3.05, 3.63) is 58.5 Å². The first-order valence-electron chi connectivity index (χ1n) is 9.14. The molecule has 1 saturated heterocycles. The molecule has 0 atom stereocenters. The van der Waals surface area contributed by atoms with Crippen LogP contribution in [0.1, 0.15) is 15.4 Å². The van der Waals surface area contributed by atoms with Crippen LogP contribution in [0.2, 0.25) is 0 Å². The molecule has 28 heavy (non-hydrogen) atoms. The Balaban J connectivity index is 1.61. The Labute approximate surface area is 167 Å². The molecule has 1 N–H and O–H groups in total. The van der Waals surface area contributed by atoms with Crippen molar-refractivity contribution < 1.29 is 14.0 Å². The lowest BCUT2D eigenvalue weighted by molar-refractivity contribution is -0.111. The Morgan fingerprint density at radius 2 is 1.89 bits per heavy atom. The summed E-state index contributed by atoms with van der Waals surface area (Å²) in [7, 11) is 2.04. The number of para-hydroxylation sites is 1. The third-order valence-corrected chi connectivity index (χ3v) is 5.61. The number of furan rings is 1. The predicted molar refractivity (Wildman–Crippen MR) is 112 cm³/mol. The van der Waals surface area contributed by atoms with E-state index >= 15 is 0 Å². The Bertz CT molecular complexity index is 1010. The van der Waals surface area contributed by atoms with Crippen molar-refractivity contribution in [3.8, 4) is 0 Å². The Kier molecular flexibility index (Phi) is 5.27. The number of piperazine rings is 1. The largest absolute Gasteiger partial charge is 0.449 e. The molecule has 0 radical (unpaired) electrons. The first kappa shape index (κ1) is 18.5. The zero-order valence-electron chi connectivity index (χ0n) is 15.6. The molecule has 0 bridgehead atoms. The van der Waals surface area contributed by atoms with Gasteiger partial charge in [-0.15, -0.1) is 11.3 Å². The molecular formula is C21H21N3O3S. The Morgan fingerprint density at radius 3 is 2.64 bits per heavy atom. The summed E-state index contributed by atoms with van der Waals surface area (Å²) in [5.41, 5.74) is 1.01. The zero-order valence-corrected chi connectivity index (χ0v) is 16.4. The minimum Gasteiger partial charge on any atom is -0.449 e. The number of hydrogen-bond donors (Lipinski definition) is 1. The maximum Gasteiger partial charge on any atom is 0.291 e. The molecule has 0 spiro atoms.